The Labute approximate surface area is 111 Å². The van der Waals surface area contributed by atoms with Crippen molar-refractivity contribution >= 4 is 0 Å². The van der Waals surface area contributed by atoms with Gasteiger partial charge < -0.3 is 5.32 Å². The summed E-state index contributed by atoms with van der Waals surface area (Å²) >= 11 is 0. The van der Waals surface area contributed by atoms with E-state index in [0.717, 1.165) is 23.9 Å². The zero-order valence-corrected chi connectivity index (χ0v) is 12.0. The van der Waals surface area contributed by atoms with E-state index >= 15 is 0 Å². The number of hydrogen-bond acceptors (Lipinski definition) is 2. The molecule has 0 saturated heterocycles. The van der Waals surface area contributed by atoms with Crippen LogP contribution in [-0.4, -0.2) is 11.5 Å². The number of rotatable bonds is 6. The average Bonchev–Trinajstić information content (AvgIpc) is 2.25. The Kier molecular flexibility index (Phi) is 4.76. The van der Waals surface area contributed by atoms with Crippen LogP contribution in [0.4, 0.5) is 0 Å². The van der Waals surface area contributed by atoms with E-state index in [1.807, 2.05) is 0 Å². The summed E-state index contributed by atoms with van der Waals surface area (Å²) in [5, 5.41) is 3.71. The molecule has 1 unspecified atom stereocenters. The zero-order chi connectivity index (χ0) is 13.0. The Morgan fingerprint density at radius 2 is 1.94 bits per heavy atom. The molecule has 1 aliphatic rings. The Bertz CT molecular complexity index is 362. The molecule has 1 saturated carbocycles. The quantitative estimate of drug-likeness (QED) is 0.822. The van der Waals surface area contributed by atoms with E-state index in [2.05, 4.69) is 43.2 Å². The van der Waals surface area contributed by atoms with E-state index < -0.39 is 0 Å². The largest absolute Gasteiger partial charge is 0.310 e. The number of nitrogens with one attached hydrogen (secondary N) is 1. The van der Waals surface area contributed by atoms with Gasteiger partial charge in [-0.15, -0.1) is 0 Å². The Balaban J connectivity index is 2.09. The molecule has 1 N–H and O–H groups in total. The third kappa shape index (κ3) is 3.55. The van der Waals surface area contributed by atoms with Crippen LogP contribution in [0.5, 0.6) is 0 Å². The number of aromatic nitrogens is 1. The van der Waals surface area contributed by atoms with Gasteiger partial charge in [-0.1, -0.05) is 26.2 Å². The summed E-state index contributed by atoms with van der Waals surface area (Å²) < 4.78 is 0. The molecule has 2 nitrogen and oxygen atoms in total. The lowest BCUT2D eigenvalue weighted by atomic mass is 9.79. The molecule has 1 fully saturated rings. The van der Waals surface area contributed by atoms with Crippen LogP contribution in [0.1, 0.15) is 62.0 Å². The summed E-state index contributed by atoms with van der Waals surface area (Å²) in [5.41, 5.74) is 3.71. The van der Waals surface area contributed by atoms with Crippen LogP contribution in [0, 0.1) is 19.8 Å². The predicted octanol–water partition coefficient (Wildman–Crippen LogP) is 3.93. The van der Waals surface area contributed by atoms with Crippen molar-refractivity contribution in [3.63, 3.8) is 0 Å². The number of nitrogens with zero attached hydrogens (tertiary/aromatic N) is 1. The fourth-order valence-electron chi connectivity index (χ4n) is 2.79. The van der Waals surface area contributed by atoms with E-state index in [4.69, 9.17) is 0 Å². The summed E-state index contributed by atoms with van der Waals surface area (Å²) in [5.74, 6) is 0.938. The van der Waals surface area contributed by atoms with Gasteiger partial charge in [-0.2, -0.15) is 0 Å². The second-order valence-electron chi connectivity index (χ2n) is 5.72. The lowest BCUT2D eigenvalue weighted by molar-refractivity contribution is 0.261. The molecule has 0 radical (unpaired) electrons. The fourth-order valence-corrected chi connectivity index (χ4v) is 2.79. The first-order chi connectivity index (χ1) is 8.69. The fraction of sp³-hybridized carbons (Fsp3) is 0.688. The van der Waals surface area contributed by atoms with Gasteiger partial charge in [0, 0.05) is 17.4 Å². The zero-order valence-electron chi connectivity index (χ0n) is 12.0. The second-order valence-corrected chi connectivity index (χ2v) is 5.72. The molecule has 2 rings (SSSR count). The highest BCUT2D eigenvalue weighted by molar-refractivity contribution is 5.23. The number of aryl methyl sites for hydroxylation is 2. The van der Waals surface area contributed by atoms with Crippen molar-refractivity contribution < 1.29 is 0 Å². The summed E-state index contributed by atoms with van der Waals surface area (Å²) in [6, 6.07) is 5.02. The maximum absolute atomic E-state index is 4.48. The van der Waals surface area contributed by atoms with Gasteiger partial charge in [0.2, 0.25) is 0 Å². The van der Waals surface area contributed by atoms with Crippen molar-refractivity contribution in [1.82, 2.24) is 10.3 Å². The van der Waals surface area contributed by atoms with Crippen molar-refractivity contribution in [1.29, 1.82) is 0 Å². The van der Waals surface area contributed by atoms with E-state index in [-0.39, 0.29) is 0 Å². The molecule has 0 amide bonds. The SMILES string of the molecule is CCCNC(CC1CCC1)c1cc(C)nc(C)c1. The van der Waals surface area contributed by atoms with Gasteiger partial charge in [0.25, 0.3) is 0 Å². The molecule has 1 aromatic rings. The first-order valence-electron chi connectivity index (χ1n) is 7.37. The molecule has 0 aliphatic heterocycles. The standard InChI is InChI=1S/C16H26N2/c1-4-8-17-16(11-14-6-5-7-14)15-9-12(2)18-13(3)10-15/h9-10,14,16-17H,4-8,11H2,1-3H3. The van der Waals surface area contributed by atoms with Crippen LogP contribution in [0.2, 0.25) is 0 Å². The maximum Gasteiger partial charge on any atom is 0.0379 e. The minimum Gasteiger partial charge on any atom is -0.310 e. The van der Waals surface area contributed by atoms with Crippen LogP contribution in [-0.2, 0) is 0 Å². The van der Waals surface area contributed by atoms with E-state index in [1.54, 1.807) is 0 Å². The molecule has 1 atom stereocenters. The highest BCUT2D eigenvalue weighted by Gasteiger charge is 2.23. The van der Waals surface area contributed by atoms with Gasteiger partial charge in [0.15, 0.2) is 0 Å². The second kappa shape index (κ2) is 6.33. The summed E-state index contributed by atoms with van der Waals surface area (Å²) in [6.45, 7) is 7.53. The predicted molar refractivity (Wildman–Crippen MR) is 76.7 cm³/mol. The summed E-state index contributed by atoms with van der Waals surface area (Å²) in [6.07, 6.45) is 6.77. The van der Waals surface area contributed by atoms with Crippen LogP contribution in [0.25, 0.3) is 0 Å². The molecule has 2 heteroatoms. The first kappa shape index (κ1) is 13.5. The molecular weight excluding hydrogens is 220 g/mol. The molecule has 1 aromatic heterocycles. The van der Waals surface area contributed by atoms with Gasteiger partial charge in [-0.25, -0.2) is 0 Å². The van der Waals surface area contributed by atoms with Gasteiger partial charge in [-0.3, -0.25) is 4.98 Å². The topological polar surface area (TPSA) is 24.9 Å². The van der Waals surface area contributed by atoms with Crippen molar-refractivity contribution in [3.8, 4) is 0 Å². The third-order valence-corrected chi connectivity index (χ3v) is 3.94. The van der Waals surface area contributed by atoms with Gasteiger partial charge >= 0.3 is 0 Å². The van der Waals surface area contributed by atoms with Crippen LogP contribution >= 0.6 is 0 Å². The van der Waals surface area contributed by atoms with Gasteiger partial charge in [0.1, 0.15) is 0 Å². The Hall–Kier alpha value is -0.890. The molecule has 0 spiro atoms. The van der Waals surface area contributed by atoms with Crippen molar-refractivity contribution in [2.75, 3.05) is 6.54 Å². The lowest BCUT2D eigenvalue weighted by Crippen LogP contribution is -2.27. The van der Waals surface area contributed by atoms with Gasteiger partial charge in [0.05, 0.1) is 0 Å². The minimum absolute atomic E-state index is 0.524. The average molecular weight is 246 g/mol. The minimum atomic E-state index is 0.524. The molecular formula is C16H26N2. The highest BCUT2D eigenvalue weighted by atomic mass is 14.9. The number of pyridine rings is 1. The van der Waals surface area contributed by atoms with E-state index in [9.17, 15) is 0 Å². The molecule has 18 heavy (non-hydrogen) atoms. The van der Waals surface area contributed by atoms with Crippen LogP contribution in [0.15, 0.2) is 12.1 Å². The maximum atomic E-state index is 4.48. The smallest absolute Gasteiger partial charge is 0.0379 e. The summed E-state index contributed by atoms with van der Waals surface area (Å²) in [4.78, 5) is 4.48. The molecule has 1 aliphatic carbocycles. The van der Waals surface area contributed by atoms with Gasteiger partial charge in [-0.05, 0) is 56.8 Å². The lowest BCUT2D eigenvalue weighted by Gasteiger charge is -2.30. The molecule has 1 heterocycles. The van der Waals surface area contributed by atoms with Crippen molar-refractivity contribution in [3.05, 3.63) is 29.1 Å². The normalized spacial score (nSPS) is 17.5. The van der Waals surface area contributed by atoms with Crippen molar-refractivity contribution in [2.24, 2.45) is 5.92 Å². The monoisotopic (exact) mass is 246 g/mol. The van der Waals surface area contributed by atoms with Crippen LogP contribution < -0.4 is 5.32 Å². The first-order valence-corrected chi connectivity index (χ1v) is 7.37. The Morgan fingerprint density at radius 3 is 2.44 bits per heavy atom. The van der Waals surface area contributed by atoms with Crippen LogP contribution in [0.3, 0.4) is 0 Å². The molecule has 0 aromatic carbocycles. The van der Waals surface area contributed by atoms with E-state index in [0.29, 0.717) is 6.04 Å². The third-order valence-electron chi connectivity index (χ3n) is 3.94. The highest BCUT2D eigenvalue weighted by Crippen LogP contribution is 2.34. The Morgan fingerprint density at radius 1 is 1.28 bits per heavy atom. The molecule has 0 bridgehead atoms. The molecule has 100 valence electrons. The van der Waals surface area contributed by atoms with Crippen molar-refractivity contribution in [2.45, 2.75) is 58.9 Å². The van der Waals surface area contributed by atoms with E-state index in [1.165, 1.54) is 37.7 Å². The summed E-state index contributed by atoms with van der Waals surface area (Å²) in [7, 11) is 0. The number of hydrogen-bond donors (Lipinski definition) is 1.